The topological polar surface area (TPSA) is 101 Å². The molecule has 7 nitrogen and oxygen atoms in total. The third kappa shape index (κ3) is 4.33. The maximum atomic E-state index is 12.8. The number of rotatable bonds is 7. The Balaban J connectivity index is 1.89. The summed E-state index contributed by atoms with van der Waals surface area (Å²) < 4.78 is 0. The van der Waals surface area contributed by atoms with Crippen LogP contribution < -0.4 is 5.32 Å². The molecule has 1 amide bonds. The molecule has 0 fully saturated rings. The van der Waals surface area contributed by atoms with Gasteiger partial charge in [-0.05, 0) is 42.9 Å². The number of nitro benzene ring substituents is 1. The number of carbonyl (C=O) groups excluding carboxylic acids is 1. The SMILES string of the molecule is CSc1ccc(C(=O)NC(CC(C)C)c2nc3ccccc3[nH]2)cc1[N+](=O)[O-]. The number of imidazole rings is 1. The van der Waals surface area contributed by atoms with Crippen molar-refractivity contribution in [3.05, 3.63) is 64.0 Å². The molecule has 146 valence electrons. The molecule has 0 aliphatic rings. The Morgan fingerprint density at radius 1 is 1.29 bits per heavy atom. The van der Waals surface area contributed by atoms with Gasteiger partial charge in [0.2, 0.25) is 0 Å². The van der Waals surface area contributed by atoms with Gasteiger partial charge in [0, 0.05) is 11.6 Å². The molecular weight excluding hydrogens is 376 g/mol. The van der Waals surface area contributed by atoms with Crippen molar-refractivity contribution < 1.29 is 9.72 Å². The van der Waals surface area contributed by atoms with E-state index in [0.29, 0.717) is 23.1 Å². The highest BCUT2D eigenvalue weighted by atomic mass is 32.2. The average Bonchev–Trinajstić information content (AvgIpc) is 3.10. The number of nitro groups is 1. The molecule has 0 spiro atoms. The van der Waals surface area contributed by atoms with Crippen molar-refractivity contribution >= 4 is 34.4 Å². The van der Waals surface area contributed by atoms with E-state index in [1.54, 1.807) is 18.4 Å². The van der Waals surface area contributed by atoms with Gasteiger partial charge < -0.3 is 10.3 Å². The Bertz CT molecular complexity index is 983. The molecular formula is C20H22N4O3S. The number of hydrogen-bond acceptors (Lipinski definition) is 5. The lowest BCUT2D eigenvalue weighted by Gasteiger charge is -2.19. The van der Waals surface area contributed by atoms with E-state index >= 15 is 0 Å². The van der Waals surface area contributed by atoms with Crippen LogP contribution in [0.3, 0.4) is 0 Å². The minimum Gasteiger partial charge on any atom is -0.342 e. The average molecular weight is 398 g/mol. The normalized spacial score (nSPS) is 12.3. The highest BCUT2D eigenvalue weighted by Gasteiger charge is 2.22. The molecule has 0 aliphatic carbocycles. The molecule has 0 aliphatic heterocycles. The Kier molecular flexibility index (Phi) is 5.99. The first-order valence-corrected chi connectivity index (χ1v) is 10.2. The number of benzene rings is 2. The molecule has 1 heterocycles. The molecule has 1 atom stereocenters. The fourth-order valence-corrected chi connectivity index (χ4v) is 3.61. The Hall–Kier alpha value is -2.87. The number of nitrogens with zero attached hydrogens (tertiary/aromatic N) is 2. The number of thioether (sulfide) groups is 1. The van der Waals surface area contributed by atoms with Gasteiger partial charge in [-0.15, -0.1) is 11.8 Å². The second-order valence-corrected chi connectivity index (χ2v) is 7.79. The fraction of sp³-hybridized carbons (Fsp3) is 0.300. The van der Waals surface area contributed by atoms with Crippen molar-refractivity contribution in [2.45, 2.75) is 31.2 Å². The quantitative estimate of drug-likeness (QED) is 0.341. The monoisotopic (exact) mass is 398 g/mol. The maximum Gasteiger partial charge on any atom is 0.283 e. The van der Waals surface area contributed by atoms with Crippen molar-refractivity contribution in [1.82, 2.24) is 15.3 Å². The molecule has 0 saturated carbocycles. The van der Waals surface area contributed by atoms with E-state index in [-0.39, 0.29) is 23.2 Å². The minimum absolute atomic E-state index is 0.0655. The van der Waals surface area contributed by atoms with Crippen molar-refractivity contribution in [3.8, 4) is 0 Å². The van der Waals surface area contributed by atoms with Crippen LogP contribution in [0.4, 0.5) is 5.69 Å². The van der Waals surface area contributed by atoms with Crippen LogP contribution in [-0.2, 0) is 0 Å². The fourth-order valence-electron chi connectivity index (χ4n) is 3.06. The predicted octanol–water partition coefficient (Wildman–Crippen LogP) is 4.71. The number of hydrogen-bond donors (Lipinski definition) is 2. The zero-order valence-electron chi connectivity index (χ0n) is 15.9. The van der Waals surface area contributed by atoms with Gasteiger partial charge in [0.25, 0.3) is 11.6 Å². The van der Waals surface area contributed by atoms with Gasteiger partial charge >= 0.3 is 0 Å². The van der Waals surface area contributed by atoms with Crippen molar-refractivity contribution in [2.24, 2.45) is 5.92 Å². The standard InChI is InChI=1S/C20H22N4O3S/c1-12(2)10-16(19-21-14-6-4-5-7-15(14)22-19)23-20(25)13-8-9-18(28-3)17(11-13)24(26)27/h4-9,11-12,16H,10H2,1-3H3,(H,21,22)(H,23,25). The van der Waals surface area contributed by atoms with E-state index in [0.717, 1.165) is 11.0 Å². The summed E-state index contributed by atoms with van der Waals surface area (Å²) in [6, 6.07) is 11.9. The number of amides is 1. The van der Waals surface area contributed by atoms with E-state index in [2.05, 4.69) is 29.1 Å². The molecule has 0 radical (unpaired) electrons. The summed E-state index contributed by atoms with van der Waals surface area (Å²) in [7, 11) is 0. The molecule has 2 aromatic carbocycles. The second kappa shape index (κ2) is 8.43. The van der Waals surface area contributed by atoms with Crippen molar-refractivity contribution in [2.75, 3.05) is 6.26 Å². The van der Waals surface area contributed by atoms with E-state index in [9.17, 15) is 14.9 Å². The zero-order valence-corrected chi connectivity index (χ0v) is 16.7. The Morgan fingerprint density at radius 2 is 2.04 bits per heavy atom. The van der Waals surface area contributed by atoms with Crippen LogP contribution in [0.5, 0.6) is 0 Å². The third-order valence-electron chi connectivity index (χ3n) is 4.39. The van der Waals surface area contributed by atoms with E-state index in [1.165, 1.54) is 17.8 Å². The summed E-state index contributed by atoms with van der Waals surface area (Å²) in [5, 5.41) is 14.3. The third-order valence-corrected chi connectivity index (χ3v) is 5.17. The van der Waals surface area contributed by atoms with Gasteiger partial charge in [-0.25, -0.2) is 4.98 Å². The predicted molar refractivity (Wildman–Crippen MR) is 111 cm³/mol. The van der Waals surface area contributed by atoms with Crippen LogP contribution >= 0.6 is 11.8 Å². The van der Waals surface area contributed by atoms with Crippen LogP contribution in [0.15, 0.2) is 47.4 Å². The van der Waals surface area contributed by atoms with Gasteiger partial charge in [0.15, 0.2) is 0 Å². The van der Waals surface area contributed by atoms with Gasteiger partial charge in [-0.2, -0.15) is 0 Å². The lowest BCUT2D eigenvalue weighted by atomic mass is 10.0. The maximum absolute atomic E-state index is 12.8. The van der Waals surface area contributed by atoms with Crippen LogP contribution in [0.1, 0.15) is 42.5 Å². The number of para-hydroxylation sites is 2. The number of nitrogens with one attached hydrogen (secondary N) is 2. The first-order valence-electron chi connectivity index (χ1n) is 8.97. The highest BCUT2D eigenvalue weighted by Crippen LogP contribution is 2.29. The lowest BCUT2D eigenvalue weighted by Crippen LogP contribution is -2.30. The molecule has 0 saturated heterocycles. The first kappa shape index (κ1) is 19.9. The lowest BCUT2D eigenvalue weighted by molar-refractivity contribution is -0.387. The van der Waals surface area contributed by atoms with Gasteiger partial charge in [0.1, 0.15) is 5.82 Å². The van der Waals surface area contributed by atoms with E-state index in [1.807, 2.05) is 24.3 Å². The summed E-state index contributed by atoms with van der Waals surface area (Å²) in [6.07, 6.45) is 2.46. The largest absolute Gasteiger partial charge is 0.342 e. The van der Waals surface area contributed by atoms with Crippen molar-refractivity contribution in [1.29, 1.82) is 0 Å². The minimum atomic E-state index is -0.465. The molecule has 28 heavy (non-hydrogen) atoms. The first-order chi connectivity index (χ1) is 13.4. The Labute approximate surface area is 167 Å². The molecule has 1 unspecified atom stereocenters. The number of carbonyl (C=O) groups is 1. The number of fused-ring (bicyclic) bond motifs is 1. The summed E-state index contributed by atoms with van der Waals surface area (Å²) in [5.41, 5.74) is 1.93. The molecule has 3 aromatic rings. The van der Waals surface area contributed by atoms with Crippen molar-refractivity contribution in [3.63, 3.8) is 0 Å². The van der Waals surface area contributed by atoms with Gasteiger partial charge in [0.05, 0.1) is 26.9 Å². The van der Waals surface area contributed by atoms with Crippen LogP contribution in [0.2, 0.25) is 0 Å². The van der Waals surface area contributed by atoms with Crippen LogP contribution in [-0.4, -0.2) is 27.1 Å². The second-order valence-electron chi connectivity index (χ2n) is 6.94. The number of aromatic amines is 1. The number of H-pyrrole nitrogens is 1. The van der Waals surface area contributed by atoms with Crippen LogP contribution in [0.25, 0.3) is 11.0 Å². The molecule has 2 N–H and O–H groups in total. The van der Waals surface area contributed by atoms with E-state index < -0.39 is 4.92 Å². The molecule has 8 heteroatoms. The van der Waals surface area contributed by atoms with Gasteiger partial charge in [-0.3, -0.25) is 14.9 Å². The Morgan fingerprint density at radius 3 is 2.68 bits per heavy atom. The number of aromatic nitrogens is 2. The molecule has 3 rings (SSSR count). The summed E-state index contributed by atoms with van der Waals surface area (Å²) in [6.45, 7) is 4.14. The van der Waals surface area contributed by atoms with E-state index in [4.69, 9.17) is 0 Å². The van der Waals surface area contributed by atoms with Gasteiger partial charge in [-0.1, -0.05) is 26.0 Å². The summed E-state index contributed by atoms with van der Waals surface area (Å²) in [4.78, 5) is 32.0. The molecule has 0 bridgehead atoms. The smallest absolute Gasteiger partial charge is 0.283 e. The molecule has 1 aromatic heterocycles. The van der Waals surface area contributed by atoms with Crippen LogP contribution in [0, 0.1) is 16.0 Å². The summed E-state index contributed by atoms with van der Waals surface area (Å²) in [5.74, 6) is 0.645. The zero-order chi connectivity index (χ0) is 20.3. The summed E-state index contributed by atoms with van der Waals surface area (Å²) >= 11 is 1.28. The highest BCUT2D eigenvalue weighted by molar-refractivity contribution is 7.98.